The summed E-state index contributed by atoms with van der Waals surface area (Å²) in [5, 5.41) is 7.15. The van der Waals surface area contributed by atoms with Gasteiger partial charge in [0, 0.05) is 40.2 Å². The molecule has 1 aliphatic rings. The monoisotopic (exact) mass is 338 g/mol. The van der Waals surface area contributed by atoms with Crippen molar-refractivity contribution in [1.82, 2.24) is 4.98 Å². The Morgan fingerprint density at radius 3 is 3.21 bits per heavy atom. The molecule has 1 aliphatic heterocycles. The molecule has 0 fully saturated rings. The van der Waals surface area contributed by atoms with Gasteiger partial charge in [0.15, 0.2) is 0 Å². The predicted molar refractivity (Wildman–Crippen MR) is 96.3 cm³/mol. The second-order valence-corrected chi connectivity index (χ2v) is 7.02. The van der Waals surface area contributed by atoms with Gasteiger partial charge in [-0.2, -0.15) is 0 Å². The van der Waals surface area contributed by atoms with Gasteiger partial charge in [-0.1, -0.05) is 19.1 Å². The van der Waals surface area contributed by atoms with Crippen LogP contribution in [-0.4, -0.2) is 17.5 Å². The van der Waals surface area contributed by atoms with E-state index in [-0.39, 0.29) is 17.9 Å². The number of carbonyl (C=O) groups excluding carboxylic acids is 1. The smallest absolute Gasteiger partial charge is 0.230 e. The van der Waals surface area contributed by atoms with Gasteiger partial charge in [0.1, 0.15) is 0 Å². The van der Waals surface area contributed by atoms with Crippen LogP contribution in [0.5, 0.6) is 0 Å². The summed E-state index contributed by atoms with van der Waals surface area (Å²) in [5.41, 5.74) is 1.98. The molecule has 24 heavy (non-hydrogen) atoms. The quantitative estimate of drug-likeness (QED) is 0.779. The lowest BCUT2D eigenvalue weighted by molar-refractivity contribution is -0.125. The van der Waals surface area contributed by atoms with Crippen molar-refractivity contribution in [1.29, 1.82) is 0 Å². The molecule has 2 unspecified atom stereocenters. The van der Waals surface area contributed by atoms with Crippen LogP contribution < -0.4 is 5.32 Å². The standard InChI is InChI=1S/C19H18N2O2S/c1-12(18-15-7-10-24-17(15)6-9-23-18)19(22)21-16-4-2-3-13-11-20-8-5-14(13)16/h2-5,7-8,10-12,18H,6,9H2,1H3,(H,21,22). The van der Waals surface area contributed by atoms with Crippen molar-refractivity contribution in [2.24, 2.45) is 5.92 Å². The summed E-state index contributed by atoms with van der Waals surface area (Å²) in [5.74, 6) is -0.279. The molecular formula is C19H18N2O2S. The van der Waals surface area contributed by atoms with Crippen LogP contribution in [-0.2, 0) is 16.0 Å². The number of hydrogen-bond acceptors (Lipinski definition) is 4. The van der Waals surface area contributed by atoms with Crippen LogP contribution in [0.2, 0.25) is 0 Å². The fraction of sp³-hybridized carbons (Fsp3) is 0.263. The van der Waals surface area contributed by atoms with E-state index in [2.05, 4.69) is 21.7 Å². The summed E-state index contributed by atoms with van der Waals surface area (Å²) >= 11 is 1.75. The Morgan fingerprint density at radius 2 is 2.29 bits per heavy atom. The Labute approximate surface area is 144 Å². The topological polar surface area (TPSA) is 51.2 Å². The highest BCUT2D eigenvalue weighted by Crippen LogP contribution is 2.36. The summed E-state index contributed by atoms with van der Waals surface area (Å²) < 4.78 is 5.91. The molecule has 5 heteroatoms. The largest absolute Gasteiger partial charge is 0.372 e. The Hall–Kier alpha value is -2.24. The number of pyridine rings is 1. The number of carbonyl (C=O) groups is 1. The maximum absolute atomic E-state index is 12.8. The van der Waals surface area contributed by atoms with E-state index in [4.69, 9.17) is 4.74 Å². The lowest BCUT2D eigenvalue weighted by Gasteiger charge is -2.28. The molecule has 2 atom stereocenters. The first-order valence-corrected chi connectivity index (χ1v) is 8.93. The molecule has 0 aliphatic carbocycles. The van der Waals surface area contributed by atoms with Crippen LogP contribution in [0.15, 0.2) is 48.1 Å². The Morgan fingerprint density at radius 1 is 1.38 bits per heavy atom. The average Bonchev–Trinajstić information content (AvgIpc) is 3.10. The lowest BCUT2D eigenvalue weighted by Crippen LogP contribution is -2.30. The van der Waals surface area contributed by atoms with Gasteiger partial charge < -0.3 is 10.1 Å². The van der Waals surface area contributed by atoms with Crippen molar-refractivity contribution in [2.45, 2.75) is 19.4 Å². The van der Waals surface area contributed by atoms with Crippen molar-refractivity contribution in [3.63, 3.8) is 0 Å². The Bertz CT molecular complexity index is 884. The van der Waals surface area contributed by atoms with Crippen molar-refractivity contribution < 1.29 is 9.53 Å². The fourth-order valence-corrected chi connectivity index (χ4v) is 4.11. The molecule has 0 spiro atoms. The van der Waals surface area contributed by atoms with Crippen LogP contribution in [0.1, 0.15) is 23.5 Å². The van der Waals surface area contributed by atoms with Gasteiger partial charge in [-0.05, 0) is 29.1 Å². The molecule has 3 heterocycles. The van der Waals surface area contributed by atoms with E-state index in [1.165, 1.54) is 4.88 Å². The third-order valence-corrected chi connectivity index (χ3v) is 5.52. The minimum Gasteiger partial charge on any atom is -0.372 e. The lowest BCUT2D eigenvalue weighted by atomic mass is 9.94. The van der Waals surface area contributed by atoms with Crippen LogP contribution in [0.25, 0.3) is 10.8 Å². The maximum atomic E-state index is 12.8. The highest BCUT2D eigenvalue weighted by molar-refractivity contribution is 7.10. The van der Waals surface area contributed by atoms with Gasteiger partial charge in [-0.25, -0.2) is 0 Å². The van der Waals surface area contributed by atoms with Crippen molar-refractivity contribution in [3.8, 4) is 0 Å². The number of aromatic nitrogens is 1. The SMILES string of the molecule is CC(C(=O)Nc1cccc2cnccc12)C1OCCc2sccc21. The number of nitrogens with zero attached hydrogens (tertiary/aromatic N) is 1. The van der Waals surface area contributed by atoms with Gasteiger partial charge in [0.05, 0.1) is 18.6 Å². The highest BCUT2D eigenvalue weighted by atomic mass is 32.1. The van der Waals surface area contributed by atoms with E-state index in [1.807, 2.05) is 31.2 Å². The summed E-state index contributed by atoms with van der Waals surface area (Å²) in [6.45, 7) is 2.61. The molecule has 4 rings (SSSR count). The van der Waals surface area contributed by atoms with E-state index in [9.17, 15) is 4.79 Å². The molecule has 0 bridgehead atoms. The summed E-state index contributed by atoms with van der Waals surface area (Å²) in [6.07, 6.45) is 4.31. The minimum absolute atomic E-state index is 0.0247. The number of anilines is 1. The molecule has 0 saturated heterocycles. The number of thiophene rings is 1. The zero-order valence-corrected chi connectivity index (χ0v) is 14.2. The third kappa shape index (κ3) is 2.70. The predicted octanol–water partition coefficient (Wildman–Crippen LogP) is 4.18. The molecular weight excluding hydrogens is 320 g/mol. The zero-order valence-electron chi connectivity index (χ0n) is 13.4. The number of ether oxygens (including phenoxy) is 1. The normalized spacial score (nSPS) is 18.1. The van der Waals surface area contributed by atoms with Crippen LogP contribution in [0, 0.1) is 5.92 Å². The maximum Gasteiger partial charge on any atom is 0.230 e. The van der Waals surface area contributed by atoms with Crippen molar-refractivity contribution in [2.75, 3.05) is 11.9 Å². The highest BCUT2D eigenvalue weighted by Gasteiger charge is 2.31. The number of rotatable bonds is 3. The van der Waals surface area contributed by atoms with Gasteiger partial charge in [-0.3, -0.25) is 9.78 Å². The number of nitrogens with one attached hydrogen (secondary N) is 1. The van der Waals surface area contributed by atoms with Crippen molar-refractivity contribution in [3.05, 3.63) is 58.5 Å². The number of hydrogen-bond donors (Lipinski definition) is 1. The average molecular weight is 338 g/mol. The first-order valence-electron chi connectivity index (χ1n) is 8.05. The van der Waals surface area contributed by atoms with Gasteiger partial charge in [0.25, 0.3) is 0 Å². The van der Waals surface area contributed by atoms with Crippen LogP contribution in [0.4, 0.5) is 5.69 Å². The van der Waals surface area contributed by atoms with Gasteiger partial charge >= 0.3 is 0 Å². The van der Waals surface area contributed by atoms with Gasteiger partial charge in [0.2, 0.25) is 5.91 Å². The van der Waals surface area contributed by atoms with E-state index < -0.39 is 0 Å². The van der Waals surface area contributed by atoms with Crippen LogP contribution in [0.3, 0.4) is 0 Å². The van der Waals surface area contributed by atoms with E-state index >= 15 is 0 Å². The Balaban J connectivity index is 1.58. The molecule has 0 radical (unpaired) electrons. The minimum atomic E-state index is -0.254. The second kappa shape index (κ2) is 6.34. The van der Waals surface area contributed by atoms with E-state index in [0.717, 1.165) is 28.4 Å². The summed E-state index contributed by atoms with van der Waals surface area (Å²) in [4.78, 5) is 18.2. The first kappa shape index (κ1) is 15.3. The molecule has 0 saturated carbocycles. The number of amides is 1. The van der Waals surface area contributed by atoms with E-state index in [1.54, 1.807) is 23.7 Å². The Kier molecular flexibility index (Phi) is 4.04. The fourth-order valence-electron chi connectivity index (χ4n) is 3.20. The van der Waals surface area contributed by atoms with Crippen LogP contribution >= 0.6 is 11.3 Å². The molecule has 4 nitrogen and oxygen atoms in total. The molecule has 2 aromatic heterocycles. The summed E-state index contributed by atoms with van der Waals surface area (Å²) in [7, 11) is 0. The first-order chi connectivity index (χ1) is 11.7. The number of benzene rings is 1. The molecule has 1 amide bonds. The third-order valence-electron chi connectivity index (χ3n) is 4.52. The molecule has 1 N–H and O–H groups in total. The summed E-state index contributed by atoms with van der Waals surface area (Å²) in [6, 6.07) is 9.84. The van der Waals surface area contributed by atoms with Gasteiger partial charge in [-0.15, -0.1) is 11.3 Å². The number of fused-ring (bicyclic) bond motifs is 2. The second-order valence-electron chi connectivity index (χ2n) is 6.02. The van der Waals surface area contributed by atoms with E-state index in [0.29, 0.717) is 6.61 Å². The molecule has 1 aromatic carbocycles. The molecule has 3 aromatic rings. The van der Waals surface area contributed by atoms with Crippen molar-refractivity contribution >= 4 is 33.7 Å². The zero-order chi connectivity index (χ0) is 16.5. The molecule has 122 valence electrons.